The van der Waals surface area contributed by atoms with E-state index < -0.39 is 5.97 Å². The van der Waals surface area contributed by atoms with E-state index in [4.69, 9.17) is 16.7 Å². The van der Waals surface area contributed by atoms with Crippen LogP contribution in [-0.4, -0.2) is 27.4 Å². The highest BCUT2D eigenvalue weighted by molar-refractivity contribution is 8.14. The molecule has 1 rings (SSSR count). The number of carbonyl (C=O) groups is 1. The molecule has 0 saturated carbocycles. The predicted molar refractivity (Wildman–Crippen MR) is 41.8 cm³/mol. The van der Waals surface area contributed by atoms with Crippen molar-refractivity contribution in [2.75, 3.05) is 5.75 Å². The lowest BCUT2D eigenvalue weighted by molar-refractivity contribution is -0.135. The Morgan fingerprint density at radius 2 is 2.70 bits per heavy atom. The van der Waals surface area contributed by atoms with Crippen LogP contribution in [0.2, 0.25) is 0 Å². The maximum Gasteiger partial charge on any atom is 0.309 e. The Morgan fingerprint density at radius 3 is 3.10 bits per heavy atom. The van der Waals surface area contributed by atoms with Crippen molar-refractivity contribution in [3.63, 3.8) is 0 Å². The van der Waals surface area contributed by atoms with Gasteiger partial charge in [0.15, 0.2) is 0 Å². The van der Waals surface area contributed by atoms with Crippen LogP contribution >= 0.6 is 23.4 Å². The number of nitrogens with zero attached hydrogens (tertiary/aromatic N) is 1. The minimum atomic E-state index is -0.850. The Morgan fingerprint density at radius 1 is 2.00 bits per heavy atom. The van der Waals surface area contributed by atoms with Crippen LogP contribution in [0.3, 0.4) is 0 Å². The number of aliphatic carboxylic acids is 1. The first-order valence-corrected chi connectivity index (χ1v) is 4.16. The molecule has 0 aromatic heterocycles. The average Bonchev–Trinajstić information content (AvgIpc) is 2.13. The highest BCUT2D eigenvalue weighted by Crippen LogP contribution is 2.22. The molecular weight excluding hydrogens is 174 g/mol. The SMILES string of the molecule is O=C(O)CC1=NC(Cl)CS1. The lowest BCUT2D eigenvalue weighted by Crippen LogP contribution is -2.00. The Balaban J connectivity index is 2.43. The zero-order valence-electron chi connectivity index (χ0n) is 5.08. The van der Waals surface area contributed by atoms with Gasteiger partial charge in [0.25, 0.3) is 0 Å². The van der Waals surface area contributed by atoms with Gasteiger partial charge in [-0.1, -0.05) is 11.6 Å². The summed E-state index contributed by atoms with van der Waals surface area (Å²) < 4.78 is 0. The van der Waals surface area contributed by atoms with E-state index >= 15 is 0 Å². The van der Waals surface area contributed by atoms with E-state index in [9.17, 15) is 4.79 Å². The molecular formula is C5H6ClNO2S. The Labute approximate surface area is 67.5 Å². The summed E-state index contributed by atoms with van der Waals surface area (Å²) in [6, 6.07) is 0. The molecule has 0 radical (unpaired) electrons. The molecule has 1 heterocycles. The largest absolute Gasteiger partial charge is 0.481 e. The molecule has 0 spiro atoms. The standard InChI is InChI=1S/C5H6ClNO2S/c6-3-2-10-4(7-3)1-5(8)9/h3H,1-2H2,(H,8,9). The van der Waals surface area contributed by atoms with E-state index in [1.807, 2.05) is 0 Å². The molecule has 0 bridgehead atoms. The summed E-state index contributed by atoms with van der Waals surface area (Å²) >= 11 is 7.01. The molecule has 0 fully saturated rings. The van der Waals surface area contributed by atoms with Gasteiger partial charge >= 0.3 is 5.97 Å². The van der Waals surface area contributed by atoms with Crippen molar-refractivity contribution < 1.29 is 9.90 Å². The van der Waals surface area contributed by atoms with Gasteiger partial charge in [0.1, 0.15) is 5.50 Å². The van der Waals surface area contributed by atoms with Crippen LogP contribution in [0.1, 0.15) is 6.42 Å². The number of aliphatic imine (C=N–C) groups is 1. The first-order valence-electron chi connectivity index (χ1n) is 2.74. The molecule has 10 heavy (non-hydrogen) atoms. The Bertz CT molecular complexity index is 182. The molecule has 5 heteroatoms. The van der Waals surface area contributed by atoms with Crippen molar-refractivity contribution in [1.82, 2.24) is 0 Å². The van der Waals surface area contributed by atoms with E-state index in [2.05, 4.69) is 4.99 Å². The number of carboxylic acid groups (broad SMARTS) is 1. The molecule has 1 unspecified atom stereocenters. The zero-order chi connectivity index (χ0) is 7.56. The quantitative estimate of drug-likeness (QED) is 0.512. The van der Waals surface area contributed by atoms with E-state index in [1.165, 1.54) is 11.8 Å². The summed E-state index contributed by atoms with van der Waals surface area (Å²) in [5, 5.41) is 8.95. The minimum absolute atomic E-state index is 0.00782. The van der Waals surface area contributed by atoms with E-state index in [0.29, 0.717) is 10.8 Å². The molecule has 0 aliphatic carbocycles. The third-order valence-corrected chi connectivity index (χ3v) is 2.47. The number of alkyl halides is 1. The summed E-state index contributed by atoms with van der Waals surface area (Å²) in [6.45, 7) is 0. The first-order chi connectivity index (χ1) is 4.68. The van der Waals surface area contributed by atoms with E-state index in [1.54, 1.807) is 0 Å². The zero-order valence-corrected chi connectivity index (χ0v) is 6.65. The Hall–Kier alpha value is -0.220. The van der Waals surface area contributed by atoms with Crippen LogP contribution in [0, 0.1) is 0 Å². The van der Waals surface area contributed by atoms with Crippen LogP contribution in [-0.2, 0) is 4.79 Å². The third-order valence-electron chi connectivity index (χ3n) is 0.974. The maximum absolute atomic E-state index is 10.1. The van der Waals surface area contributed by atoms with Gasteiger partial charge < -0.3 is 5.11 Å². The fourth-order valence-corrected chi connectivity index (χ4v) is 1.82. The van der Waals surface area contributed by atoms with Crippen molar-refractivity contribution in [3.8, 4) is 0 Å². The molecule has 3 nitrogen and oxygen atoms in total. The molecule has 1 aliphatic heterocycles. The number of hydrogen-bond donors (Lipinski definition) is 1. The topological polar surface area (TPSA) is 49.7 Å². The lowest BCUT2D eigenvalue weighted by Gasteiger charge is -1.89. The van der Waals surface area contributed by atoms with Gasteiger partial charge in [-0.25, -0.2) is 0 Å². The number of halogens is 1. The number of rotatable bonds is 2. The van der Waals surface area contributed by atoms with Gasteiger partial charge in [-0.15, -0.1) is 11.8 Å². The fraction of sp³-hybridized carbons (Fsp3) is 0.600. The average molecular weight is 180 g/mol. The molecule has 0 saturated heterocycles. The summed E-state index contributed by atoms with van der Waals surface area (Å²) in [6.07, 6.45) is 0.00782. The molecule has 0 amide bonds. The number of hydrogen-bond acceptors (Lipinski definition) is 3. The van der Waals surface area contributed by atoms with Gasteiger partial charge in [-0.3, -0.25) is 9.79 Å². The van der Waals surface area contributed by atoms with Gasteiger partial charge in [0.2, 0.25) is 0 Å². The normalized spacial score (nSPS) is 24.5. The second-order valence-corrected chi connectivity index (χ2v) is 3.44. The van der Waals surface area contributed by atoms with Crippen LogP contribution in [0.15, 0.2) is 4.99 Å². The van der Waals surface area contributed by atoms with Gasteiger partial charge in [0.05, 0.1) is 11.5 Å². The fourth-order valence-electron chi connectivity index (χ4n) is 0.622. The van der Waals surface area contributed by atoms with Crippen LogP contribution in [0.5, 0.6) is 0 Å². The summed E-state index contributed by atoms with van der Waals surface area (Å²) in [7, 11) is 0. The van der Waals surface area contributed by atoms with E-state index in [0.717, 1.165) is 0 Å². The molecule has 56 valence electrons. The third kappa shape index (κ3) is 2.19. The first kappa shape index (κ1) is 7.88. The smallest absolute Gasteiger partial charge is 0.309 e. The molecule has 0 aromatic rings. The number of carboxylic acids is 1. The second-order valence-electron chi connectivity index (χ2n) is 1.84. The summed E-state index contributed by atoms with van der Waals surface area (Å²) in [5.41, 5.74) is -0.223. The van der Waals surface area contributed by atoms with Crippen molar-refractivity contribution in [2.24, 2.45) is 4.99 Å². The summed E-state index contributed by atoms with van der Waals surface area (Å²) in [4.78, 5) is 14.0. The molecule has 1 aliphatic rings. The molecule has 1 N–H and O–H groups in total. The van der Waals surface area contributed by atoms with Crippen molar-refractivity contribution in [3.05, 3.63) is 0 Å². The van der Waals surface area contributed by atoms with Gasteiger partial charge in [-0.2, -0.15) is 0 Å². The molecule has 1 atom stereocenters. The molecule has 0 aromatic carbocycles. The van der Waals surface area contributed by atoms with E-state index in [-0.39, 0.29) is 11.9 Å². The van der Waals surface area contributed by atoms with Crippen molar-refractivity contribution in [1.29, 1.82) is 0 Å². The van der Waals surface area contributed by atoms with Crippen LogP contribution in [0.4, 0.5) is 0 Å². The predicted octanol–water partition coefficient (Wildman–Crippen LogP) is 1.17. The Kier molecular flexibility index (Phi) is 2.56. The monoisotopic (exact) mass is 179 g/mol. The summed E-state index contributed by atoms with van der Waals surface area (Å²) in [5.74, 6) is -0.151. The second kappa shape index (κ2) is 3.25. The number of thioether (sulfide) groups is 1. The highest BCUT2D eigenvalue weighted by Gasteiger charge is 2.17. The van der Waals surface area contributed by atoms with Crippen LogP contribution in [0.25, 0.3) is 0 Å². The minimum Gasteiger partial charge on any atom is -0.481 e. The van der Waals surface area contributed by atoms with Gasteiger partial charge in [-0.05, 0) is 0 Å². The van der Waals surface area contributed by atoms with Crippen molar-refractivity contribution >= 4 is 34.4 Å². The highest BCUT2D eigenvalue weighted by atomic mass is 35.5. The maximum atomic E-state index is 10.1. The van der Waals surface area contributed by atoms with Crippen molar-refractivity contribution in [2.45, 2.75) is 11.9 Å². The van der Waals surface area contributed by atoms with Gasteiger partial charge in [0, 0.05) is 5.75 Å². The lowest BCUT2D eigenvalue weighted by atomic mass is 10.5. The van der Waals surface area contributed by atoms with Crippen LogP contribution < -0.4 is 0 Å².